The van der Waals surface area contributed by atoms with Crippen molar-refractivity contribution in [3.63, 3.8) is 0 Å². The fourth-order valence-corrected chi connectivity index (χ4v) is 3.62. The topological polar surface area (TPSA) is 83.0 Å². The Bertz CT molecular complexity index is 1340. The minimum Gasteiger partial charge on any atom is -0.457 e. The molecule has 0 bridgehead atoms. The first kappa shape index (κ1) is 22.3. The summed E-state index contributed by atoms with van der Waals surface area (Å²) in [6.45, 7) is 5.33. The molecule has 33 heavy (non-hydrogen) atoms. The highest BCUT2D eigenvalue weighted by molar-refractivity contribution is 6.00. The number of aromatic nitrogens is 3. The predicted molar refractivity (Wildman–Crippen MR) is 119 cm³/mol. The number of anilines is 1. The van der Waals surface area contributed by atoms with Crippen LogP contribution in [0.25, 0.3) is 22.2 Å². The van der Waals surface area contributed by atoms with Crippen molar-refractivity contribution in [1.82, 2.24) is 14.5 Å². The summed E-state index contributed by atoms with van der Waals surface area (Å²) in [7, 11) is 0. The van der Waals surface area contributed by atoms with Crippen LogP contribution in [0.15, 0.2) is 55.0 Å². The number of rotatable bonds is 5. The van der Waals surface area contributed by atoms with Crippen molar-refractivity contribution in [3.05, 3.63) is 66.1 Å². The highest BCUT2D eigenvalue weighted by Crippen LogP contribution is 2.37. The lowest BCUT2D eigenvalue weighted by Crippen LogP contribution is -2.07. The molecule has 4 rings (SSSR count). The number of ketones is 1. The fraction of sp³-hybridized carbons (Fsp3) is 0.208. The second-order valence-corrected chi connectivity index (χ2v) is 7.89. The molecule has 0 radical (unpaired) electrons. The van der Waals surface area contributed by atoms with E-state index in [0.29, 0.717) is 11.5 Å². The number of nitrogens with zero attached hydrogens (tertiary/aromatic N) is 3. The molecular weight excluding hydrogens is 433 g/mol. The number of fused-ring (bicyclic) bond motifs is 1. The zero-order valence-electron chi connectivity index (χ0n) is 18.1. The normalized spacial score (nSPS) is 11.8. The Morgan fingerprint density at radius 3 is 2.39 bits per heavy atom. The standard InChI is InChI=1S/C24H21F3N4O2/c1-13(2)31-11-19(21-22(28)29-12-30-23(21)31)15-4-7-17(8-5-15)33-20-10-16(24(25,26)27)6-9-18(20)14(3)32/h4-13H,1-3H3,(H2,28,29,30). The van der Waals surface area contributed by atoms with Crippen molar-refractivity contribution in [2.75, 3.05) is 5.73 Å². The number of carbonyl (C=O) groups is 1. The summed E-state index contributed by atoms with van der Waals surface area (Å²) in [5.41, 5.74) is 7.64. The molecular formula is C24H21F3N4O2. The van der Waals surface area contributed by atoms with Crippen LogP contribution in [-0.2, 0) is 6.18 Å². The number of halogens is 3. The van der Waals surface area contributed by atoms with Crippen LogP contribution in [0, 0.1) is 0 Å². The third-order valence-corrected chi connectivity index (χ3v) is 5.28. The first-order chi connectivity index (χ1) is 15.6. The van der Waals surface area contributed by atoms with E-state index in [9.17, 15) is 18.0 Å². The third-order valence-electron chi connectivity index (χ3n) is 5.28. The number of carbonyl (C=O) groups excluding carboxylic acids is 1. The molecule has 0 spiro atoms. The molecule has 2 heterocycles. The molecule has 6 nitrogen and oxygen atoms in total. The minimum atomic E-state index is -4.55. The lowest BCUT2D eigenvalue weighted by molar-refractivity contribution is -0.137. The summed E-state index contributed by atoms with van der Waals surface area (Å²) in [5.74, 6) is 0.0913. The average Bonchev–Trinajstić information content (AvgIpc) is 3.15. The van der Waals surface area contributed by atoms with Gasteiger partial charge in [-0.05, 0) is 56.7 Å². The number of nitrogens with two attached hydrogens (primary N) is 1. The van der Waals surface area contributed by atoms with Gasteiger partial charge in [-0.15, -0.1) is 0 Å². The first-order valence-electron chi connectivity index (χ1n) is 10.2. The Morgan fingerprint density at radius 1 is 1.09 bits per heavy atom. The lowest BCUT2D eigenvalue weighted by Gasteiger charge is -2.13. The molecule has 2 aromatic carbocycles. The van der Waals surface area contributed by atoms with Crippen LogP contribution in [0.3, 0.4) is 0 Å². The maximum Gasteiger partial charge on any atom is 0.416 e. The number of nitrogen functional groups attached to an aromatic ring is 1. The van der Waals surface area contributed by atoms with Gasteiger partial charge in [0.05, 0.1) is 16.5 Å². The zero-order chi connectivity index (χ0) is 23.9. The van der Waals surface area contributed by atoms with Crippen molar-refractivity contribution in [3.8, 4) is 22.6 Å². The average molecular weight is 454 g/mol. The van der Waals surface area contributed by atoms with E-state index in [-0.39, 0.29) is 23.1 Å². The minimum absolute atomic E-state index is 0.0667. The molecule has 0 fully saturated rings. The van der Waals surface area contributed by atoms with E-state index in [0.717, 1.165) is 34.7 Å². The van der Waals surface area contributed by atoms with Crippen molar-refractivity contribution in [1.29, 1.82) is 0 Å². The maximum absolute atomic E-state index is 13.1. The van der Waals surface area contributed by atoms with E-state index >= 15 is 0 Å². The van der Waals surface area contributed by atoms with Crippen LogP contribution < -0.4 is 10.5 Å². The second-order valence-electron chi connectivity index (χ2n) is 7.89. The van der Waals surface area contributed by atoms with Gasteiger partial charge in [-0.1, -0.05) is 12.1 Å². The smallest absolute Gasteiger partial charge is 0.416 e. The monoisotopic (exact) mass is 454 g/mol. The van der Waals surface area contributed by atoms with Gasteiger partial charge in [-0.2, -0.15) is 13.2 Å². The lowest BCUT2D eigenvalue weighted by atomic mass is 10.1. The van der Waals surface area contributed by atoms with Crippen LogP contribution in [0.5, 0.6) is 11.5 Å². The van der Waals surface area contributed by atoms with Crippen LogP contribution in [0.1, 0.15) is 42.7 Å². The SMILES string of the molecule is CC(=O)c1ccc(C(F)(F)F)cc1Oc1ccc(-c2cn(C(C)C)c3ncnc(N)c23)cc1. The highest BCUT2D eigenvalue weighted by atomic mass is 19.4. The number of hydrogen-bond donors (Lipinski definition) is 1. The number of benzene rings is 2. The van der Waals surface area contributed by atoms with Gasteiger partial charge in [0.1, 0.15) is 29.3 Å². The van der Waals surface area contributed by atoms with E-state index in [4.69, 9.17) is 10.5 Å². The van der Waals surface area contributed by atoms with E-state index in [1.165, 1.54) is 13.3 Å². The van der Waals surface area contributed by atoms with Gasteiger partial charge in [0.2, 0.25) is 0 Å². The number of alkyl halides is 3. The van der Waals surface area contributed by atoms with Gasteiger partial charge >= 0.3 is 6.18 Å². The molecule has 0 aliphatic carbocycles. The molecule has 0 amide bonds. The molecule has 0 saturated heterocycles. The van der Waals surface area contributed by atoms with Crippen LogP contribution >= 0.6 is 0 Å². The summed E-state index contributed by atoms with van der Waals surface area (Å²) in [5, 5.41) is 0.719. The van der Waals surface area contributed by atoms with E-state index < -0.39 is 17.5 Å². The Morgan fingerprint density at radius 2 is 1.79 bits per heavy atom. The zero-order valence-corrected chi connectivity index (χ0v) is 18.1. The Balaban J connectivity index is 1.72. The molecule has 0 aliphatic heterocycles. The van der Waals surface area contributed by atoms with Gasteiger partial charge in [0.25, 0.3) is 0 Å². The molecule has 0 unspecified atom stereocenters. The quantitative estimate of drug-likeness (QED) is 0.359. The van der Waals surface area contributed by atoms with Gasteiger partial charge in [-0.25, -0.2) is 9.97 Å². The maximum atomic E-state index is 13.1. The first-order valence-corrected chi connectivity index (χ1v) is 10.2. The second kappa shape index (κ2) is 8.23. The van der Waals surface area contributed by atoms with Gasteiger partial charge in [0, 0.05) is 17.8 Å². The molecule has 2 N–H and O–H groups in total. The number of Topliss-reactive ketones (excluding diaryl/α,β-unsaturated/α-hetero) is 1. The highest BCUT2D eigenvalue weighted by Gasteiger charge is 2.31. The molecule has 9 heteroatoms. The number of hydrogen-bond acceptors (Lipinski definition) is 5. The van der Waals surface area contributed by atoms with Crippen LogP contribution in [-0.4, -0.2) is 20.3 Å². The van der Waals surface area contributed by atoms with Crippen molar-refractivity contribution >= 4 is 22.6 Å². The molecule has 0 saturated carbocycles. The Hall–Kier alpha value is -3.88. The van der Waals surface area contributed by atoms with Crippen molar-refractivity contribution in [2.45, 2.75) is 33.0 Å². The fourth-order valence-electron chi connectivity index (χ4n) is 3.62. The Labute approximate surface area is 187 Å². The van der Waals surface area contributed by atoms with E-state index in [1.54, 1.807) is 24.3 Å². The van der Waals surface area contributed by atoms with Gasteiger partial charge in [0.15, 0.2) is 5.78 Å². The van der Waals surface area contributed by atoms with E-state index in [1.807, 2.05) is 24.6 Å². The third kappa shape index (κ3) is 4.26. The summed E-state index contributed by atoms with van der Waals surface area (Å²) >= 11 is 0. The van der Waals surface area contributed by atoms with Gasteiger partial charge < -0.3 is 15.0 Å². The molecule has 4 aromatic rings. The number of ether oxygens (including phenoxy) is 1. The predicted octanol–water partition coefficient (Wildman–Crippen LogP) is 6.28. The van der Waals surface area contributed by atoms with E-state index in [2.05, 4.69) is 9.97 Å². The summed E-state index contributed by atoms with van der Waals surface area (Å²) in [6.07, 6.45) is -1.19. The van der Waals surface area contributed by atoms with Crippen LogP contribution in [0.2, 0.25) is 0 Å². The summed E-state index contributed by atoms with van der Waals surface area (Å²) in [4.78, 5) is 20.3. The molecule has 2 aromatic heterocycles. The largest absolute Gasteiger partial charge is 0.457 e. The summed E-state index contributed by atoms with van der Waals surface area (Å²) in [6, 6.07) is 9.74. The Kier molecular flexibility index (Phi) is 5.57. The summed E-state index contributed by atoms with van der Waals surface area (Å²) < 4.78 is 47.1. The van der Waals surface area contributed by atoms with Crippen molar-refractivity contribution < 1.29 is 22.7 Å². The molecule has 170 valence electrons. The molecule has 0 aliphatic rings. The van der Waals surface area contributed by atoms with Crippen LogP contribution in [0.4, 0.5) is 19.0 Å². The molecule has 0 atom stereocenters. The van der Waals surface area contributed by atoms with Gasteiger partial charge in [-0.3, -0.25) is 4.79 Å². The van der Waals surface area contributed by atoms with Crippen molar-refractivity contribution in [2.24, 2.45) is 0 Å².